The van der Waals surface area contributed by atoms with Crippen LogP contribution in [0.3, 0.4) is 0 Å². The summed E-state index contributed by atoms with van der Waals surface area (Å²) in [5.41, 5.74) is 0.421. The van der Waals surface area contributed by atoms with Crippen molar-refractivity contribution in [1.29, 1.82) is 5.26 Å². The number of halogens is 2. The first kappa shape index (κ1) is 14.0. The van der Waals surface area contributed by atoms with Crippen LogP contribution in [-0.4, -0.2) is 23.9 Å². The number of benzene rings is 1. The fraction of sp³-hybridized carbons (Fsp3) is 0.333. The van der Waals surface area contributed by atoms with Crippen LogP contribution in [0.15, 0.2) is 22.7 Å². The largest absolute Gasteiger partial charge is 0.325 e. The zero-order valence-electron chi connectivity index (χ0n) is 9.41. The van der Waals surface area contributed by atoms with E-state index in [-0.39, 0.29) is 12.5 Å². The molecule has 0 bridgehead atoms. The van der Waals surface area contributed by atoms with Gasteiger partial charge < -0.3 is 4.90 Å². The second kappa shape index (κ2) is 6.63. The highest BCUT2D eigenvalue weighted by Gasteiger charge is 2.18. The summed E-state index contributed by atoms with van der Waals surface area (Å²) in [5.74, 6) is -0.209. The van der Waals surface area contributed by atoms with Crippen molar-refractivity contribution in [1.82, 2.24) is 4.90 Å². The average Bonchev–Trinajstić information content (AvgIpc) is 2.31. The molecule has 0 atom stereocenters. The van der Waals surface area contributed by atoms with Crippen molar-refractivity contribution in [3.05, 3.63) is 33.3 Å². The normalized spacial score (nSPS) is 9.76. The van der Waals surface area contributed by atoms with E-state index in [9.17, 15) is 4.79 Å². The molecule has 1 aromatic carbocycles. The Hall–Kier alpha value is -1.05. The summed E-state index contributed by atoms with van der Waals surface area (Å²) in [5, 5.41) is 9.08. The number of carbonyl (C=O) groups is 1. The Morgan fingerprint density at radius 2 is 2.29 bits per heavy atom. The van der Waals surface area contributed by atoms with Crippen LogP contribution < -0.4 is 0 Å². The topological polar surface area (TPSA) is 44.1 Å². The minimum Gasteiger partial charge on any atom is -0.325 e. The minimum atomic E-state index is -0.209. The second-order valence-corrected chi connectivity index (χ2v) is 4.72. The molecule has 1 aromatic rings. The van der Waals surface area contributed by atoms with Gasteiger partial charge in [0.15, 0.2) is 0 Å². The van der Waals surface area contributed by atoms with Crippen molar-refractivity contribution in [3.63, 3.8) is 0 Å². The Kier molecular flexibility index (Phi) is 5.46. The van der Waals surface area contributed by atoms with Crippen molar-refractivity contribution >= 4 is 33.4 Å². The molecule has 0 fully saturated rings. The maximum absolute atomic E-state index is 12.2. The zero-order valence-corrected chi connectivity index (χ0v) is 11.8. The van der Waals surface area contributed by atoms with Gasteiger partial charge in [-0.3, -0.25) is 4.79 Å². The summed E-state index contributed by atoms with van der Waals surface area (Å²) in [6.45, 7) is 2.59. The maximum Gasteiger partial charge on any atom is 0.256 e. The molecule has 17 heavy (non-hydrogen) atoms. The van der Waals surface area contributed by atoms with Gasteiger partial charge in [-0.15, -0.1) is 0 Å². The monoisotopic (exact) mass is 314 g/mol. The first-order chi connectivity index (χ1) is 8.11. The number of carbonyl (C=O) groups excluding carboxylic acids is 1. The SMILES string of the molecule is CCCN(CC#N)C(=O)c1cccc(Br)c1Cl. The third-order valence-corrected chi connectivity index (χ3v) is 3.52. The summed E-state index contributed by atoms with van der Waals surface area (Å²) in [6, 6.07) is 7.17. The van der Waals surface area contributed by atoms with Crippen molar-refractivity contribution < 1.29 is 4.79 Å². The third-order valence-electron chi connectivity index (χ3n) is 2.22. The molecule has 0 heterocycles. The van der Waals surface area contributed by atoms with E-state index in [1.54, 1.807) is 18.2 Å². The van der Waals surface area contributed by atoms with E-state index < -0.39 is 0 Å². The number of nitrogens with zero attached hydrogens (tertiary/aromatic N) is 2. The average molecular weight is 316 g/mol. The van der Waals surface area contributed by atoms with Gasteiger partial charge in [0.25, 0.3) is 5.91 Å². The third kappa shape index (κ3) is 3.45. The molecular formula is C12H12BrClN2O. The van der Waals surface area contributed by atoms with Gasteiger partial charge in [0.1, 0.15) is 6.54 Å². The van der Waals surface area contributed by atoms with Crippen LogP contribution >= 0.6 is 27.5 Å². The molecule has 0 aromatic heterocycles. The van der Waals surface area contributed by atoms with Crippen molar-refractivity contribution in [3.8, 4) is 6.07 Å². The molecule has 0 N–H and O–H groups in total. The van der Waals surface area contributed by atoms with Crippen LogP contribution in [0.1, 0.15) is 23.7 Å². The quantitative estimate of drug-likeness (QED) is 0.798. The smallest absolute Gasteiger partial charge is 0.256 e. The van der Waals surface area contributed by atoms with Crippen LogP contribution in [-0.2, 0) is 0 Å². The molecular weight excluding hydrogens is 304 g/mol. The fourth-order valence-electron chi connectivity index (χ4n) is 1.45. The van der Waals surface area contributed by atoms with Crippen LogP contribution in [0.5, 0.6) is 0 Å². The highest BCUT2D eigenvalue weighted by atomic mass is 79.9. The van der Waals surface area contributed by atoms with E-state index in [2.05, 4.69) is 15.9 Å². The minimum absolute atomic E-state index is 0.0789. The number of hydrogen-bond acceptors (Lipinski definition) is 2. The van der Waals surface area contributed by atoms with Crippen LogP contribution in [0.4, 0.5) is 0 Å². The summed E-state index contributed by atoms with van der Waals surface area (Å²) >= 11 is 9.33. The first-order valence-corrected chi connectivity index (χ1v) is 6.39. The van der Waals surface area contributed by atoms with Crippen molar-refractivity contribution in [2.45, 2.75) is 13.3 Å². The Morgan fingerprint density at radius 3 is 2.88 bits per heavy atom. The molecule has 3 nitrogen and oxygen atoms in total. The van der Waals surface area contributed by atoms with E-state index in [4.69, 9.17) is 16.9 Å². The lowest BCUT2D eigenvalue weighted by atomic mass is 10.2. The lowest BCUT2D eigenvalue weighted by Crippen LogP contribution is -2.32. The van der Waals surface area contributed by atoms with E-state index >= 15 is 0 Å². The summed E-state index contributed by atoms with van der Waals surface area (Å²) in [4.78, 5) is 13.7. The maximum atomic E-state index is 12.2. The van der Waals surface area contributed by atoms with Gasteiger partial charge in [-0.2, -0.15) is 5.26 Å². The van der Waals surface area contributed by atoms with E-state index in [1.165, 1.54) is 4.90 Å². The van der Waals surface area contributed by atoms with Crippen LogP contribution in [0.2, 0.25) is 5.02 Å². The molecule has 0 aliphatic heterocycles. The van der Waals surface area contributed by atoms with Gasteiger partial charge in [0.05, 0.1) is 16.7 Å². The summed E-state index contributed by atoms with van der Waals surface area (Å²) in [7, 11) is 0. The van der Waals surface area contributed by atoms with Crippen molar-refractivity contribution in [2.24, 2.45) is 0 Å². The number of hydrogen-bond donors (Lipinski definition) is 0. The van der Waals surface area contributed by atoms with Crippen LogP contribution in [0.25, 0.3) is 0 Å². The highest BCUT2D eigenvalue weighted by Crippen LogP contribution is 2.26. The molecule has 90 valence electrons. The molecule has 1 amide bonds. The number of nitriles is 1. The van der Waals surface area contributed by atoms with Gasteiger partial charge in [0, 0.05) is 11.0 Å². The molecule has 1 rings (SSSR count). The molecule has 0 radical (unpaired) electrons. The van der Waals surface area contributed by atoms with Gasteiger partial charge in [-0.1, -0.05) is 24.6 Å². The standard InChI is InChI=1S/C12H12BrClN2O/c1-2-7-16(8-6-15)12(17)9-4-3-5-10(13)11(9)14/h3-5H,2,7-8H2,1H3. The molecule has 0 saturated carbocycles. The van der Waals surface area contributed by atoms with Gasteiger partial charge in [-0.05, 0) is 34.5 Å². The van der Waals surface area contributed by atoms with E-state index in [1.807, 2.05) is 13.0 Å². The molecule has 0 spiro atoms. The fourth-order valence-corrected chi connectivity index (χ4v) is 2.02. The van der Waals surface area contributed by atoms with Crippen LogP contribution in [0, 0.1) is 11.3 Å². The first-order valence-electron chi connectivity index (χ1n) is 5.22. The van der Waals surface area contributed by atoms with Gasteiger partial charge >= 0.3 is 0 Å². The number of amides is 1. The molecule has 0 aliphatic rings. The van der Waals surface area contributed by atoms with Crippen molar-refractivity contribution in [2.75, 3.05) is 13.1 Å². The lowest BCUT2D eigenvalue weighted by Gasteiger charge is -2.19. The lowest BCUT2D eigenvalue weighted by molar-refractivity contribution is 0.0776. The van der Waals surface area contributed by atoms with Gasteiger partial charge in [-0.25, -0.2) is 0 Å². The Bertz CT molecular complexity index is 456. The molecule has 0 unspecified atom stereocenters. The Balaban J connectivity index is 3.01. The molecule has 0 saturated heterocycles. The summed E-state index contributed by atoms with van der Waals surface area (Å²) < 4.78 is 0.679. The number of rotatable bonds is 4. The predicted molar refractivity (Wildman–Crippen MR) is 71.0 cm³/mol. The van der Waals surface area contributed by atoms with Gasteiger partial charge in [0.2, 0.25) is 0 Å². The zero-order chi connectivity index (χ0) is 12.8. The Labute approximate surface area is 114 Å². The molecule has 5 heteroatoms. The van der Waals surface area contributed by atoms with E-state index in [0.717, 1.165) is 6.42 Å². The Morgan fingerprint density at radius 1 is 1.59 bits per heavy atom. The predicted octanol–water partition coefficient (Wildman–Crippen LogP) is 3.48. The summed E-state index contributed by atoms with van der Waals surface area (Å²) in [6.07, 6.45) is 0.805. The highest BCUT2D eigenvalue weighted by molar-refractivity contribution is 9.10. The molecule has 0 aliphatic carbocycles. The second-order valence-electron chi connectivity index (χ2n) is 3.49. The van der Waals surface area contributed by atoms with E-state index in [0.29, 0.717) is 21.6 Å².